The summed E-state index contributed by atoms with van der Waals surface area (Å²) in [6.07, 6.45) is -0.940. The summed E-state index contributed by atoms with van der Waals surface area (Å²) >= 11 is 0. The van der Waals surface area contributed by atoms with Crippen molar-refractivity contribution in [2.75, 3.05) is 13.2 Å². The average molecular weight is 224 g/mol. The van der Waals surface area contributed by atoms with Crippen LogP contribution in [0.1, 0.15) is 24.2 Å². The standard InChI is InChI=1S/C12H13FO3/c1-2-15-12(14)11(13)9-3-4-10-8(7-9)5-6-16-10/h3-4,7,11H,2,5-6H2,1H3. The number of carbonyl (C=O) groups is 1. The zero-order valence-corrected chi connectivity index (χ0v) is 9.03. The van der Waals surface area contributed by atoms with Gasteiger partial charge in [0.15, 0.2) is 0 Å². The second-order valence-corrected chi connectivity index (χ2v) is 3.58. The van der Waals surface area contributed by atoms with E-state index in [1.54, 1.807) is 25.1 Å². The lowest BCUT2D eigenvalue weighted by molar-refractivity contribution is -0.149. The molecule has 86 valence electrons. The molecule has 1 aliphatic heterocycles. The number of alkyl halides is 1. The van der Waals surface area contributed by atoms with E-state index in [1.807, 2.05) is 0 Å². The lowest BCUT2D eigenvalue weighted by Crippen LogP contribution is -2.11. The molecule has 1 atom stereocenters. The van der Waals surface area contributed by atoms with Gasteiger partial charge in [0, 0.05) is 6.42 Å². The van der Waals surface area contributed by atoms with Gasteiger partial charge in [-0.1, -0.05) is 6.07 Å². The summed E-state index contributed by atoms with van der Waals surface area (Å²) in [4.78, 5) is 11.2. The molecule has 1 aromatic rings. The molecule has 0 aliphatic carbocycles. The van der Waals surface area contributed by atoms with E-state index in [2.05, 4.69) is 4.74 Å². The van der Waals surface area contributed by atoms with Crippen LogP contribution in [0.5, 0.6) is 5.75 Å². The van der Waals surface area contributed by atoms with Crippen molar-refractivity contribution in [3.63, 3.8) is 0 Å². The molecule has 1 aromatic carbocycles. The molecule has 0 saturated carbocycles. The highest BCUT2D eigenvalue weighted by Gasteiger charge is 2.23. The highest BCUT2D eigenvalue weighted by atomic mass is 19.1. The smallest absolute Gasteiger partial charge is 0.345 e. The van der Waals surface area contributed by atoms with Crippen LogP contribution in [0.2, 0.25) is 0 Å². The second kappa shape index (κ2) is 4.51. The number of esters is 1. The maximum atomic E-state index is 13.7. The summed E-state index contributed by atoms with van der Waals surface area (Å²) in [7, 11) is 0. The Labute approximate surface area is 93.2 Å². The zero-order chi connectivity index (χ0) is 11.5. The minimum atomic E-state index is -1.70. The number of ether oxygens (including phenoxy) is 2. The normalized spacial score (nSPS) is 15.1. The fourth-order valence-electron chi connectivity index (χ4n) is 1.72. The van der Waals surface area contributed by atoms with Crippen molar-refractivity contribution in [2.45, 2.75) is 19.5 Å². The van der Waals surface area contributed by atoms with Gasteiger partial charge in [-0.3, -0.25) is 0 Å². The summed E-state index contributed by atoms with van der Waals surface area (Å²) in [6, 6.07) is 4.93. The molecule has 2 rings (SSSR count). The molecule has 0 bridgehead atoms. The Hall–Kier alpha value is -1.58. The topological polar surface area (TPSA) is 35.5 Å². The highest BCUT2D eigenvalue weighted by molar-refractivity contribution is 5.76. The first-order valence-electron chi connectivity index (χ1n) is 5.28. The number of halogens is 1. The quantitative estimate of drug-likeness (QED) is 0.738. The van der Waals surface area contributed by atoms with E-state index in [9.17, 15) is 9.18 Å². The van der Waals surface area contributed by atoms with Gasteiger partial charge in [-0.05, 0) is 30.2 Å². The van der Waals surface area contributed by atoms with E-state index in [4.69, 9.17) is 4.74 Å². The predicted octanol–water partition coefficient (Wildman–Crippen LogP) is 2.20. The van der Waals surface area contributed by atoms with Crippen molar-refractivity contribution in [3.8, 4) is 5.75 Å². The van der Waals surface area contributed by atoms with Gasteiger partial charge in [0.2, 0.25) is 6.17 Å². The van der Waals surface area contributed by atoms with Crippen molar-refractivity contribution in [1.29, 1.82) is 0 Å². The molecule has 0 N–H and O–H groups in total. The van der Waals surface area contributed by atoms with E-state index in [0.717, 1.165) is 17.7 Å². The van der Waals surface area contributed by atoms with Crippen LogP contribution in [-0.2, 0) is 16.0 Å². The van der Waals surface area contributed by atoms with Gasteiger partial charge in [0.1, 0.15) is 5.75 Å². The molecular formula is C12H13FO3. The zero-order valence-electron chi connectivity index (χ0n) is 9.03. The first-order valence-corrected chi connectivity index (χ1v) is 5.28. The first-order chi connectivity index (χ1) is 7.72. The van der Waals surface area contributed by atoms with Gasteiger partial charge >= 0.3 is 5.97 Å². The first kappa shape index (κ1) is 10.9. The monoisotopic (exact) mass is 224 g/mol. The van der Waals surface area contributed by atoms with E-state index in [1.165, 1.54) is 0 Å². The van der Waals surface area contributed by atoms with Crippen LogP contribution in [0.3, 0.4) is 0 Å². The molecule has 0 fully saturated rings. The molecule has 4 heteroatoms. The Morgan fingerprint density at radius 1 is 1.62 bits per heavy atom. The summed E-state index contributed by atoms with van der Waals surface area (Å²) in [5, 5.41) is 0. The summed E-state index contributed by atoms with van der Waals surface area (Å²) < 4.78 is 23.6. The minimum Gasteiger partial charge on any atom is -0.493 e. The van der Waals surface area contributed by atoms with Gasteiger partial charge in [-0.25, -0.2) is 9.18 Å². The van der Waals surface area contributed by atoms with Gasteiger partial charge in [0.05, 0.1) is 13.2 Å². The van der Waals surface area contributed by atoms with Gasteiger partial charge < -0.3 is 9.47 Å². The van der Waals surface area contributed by atoms with Crippen molar-refractivity contribution in [3.05, 3.63) is 29.3 Å². The molecule has 1 unspecified atom stereocenters. The molecule has 0 radical (unpaired) electrons. The van der Waals surface area contributed by atoms with Crippen molar-refractivity contribution < 1.29 is 18.7 Å². The number of hydrogen-bond acceptors (Lipinski definition) is 3. The lowest BCUT2D eigenvalue weighted by Gasteiger charge is -2.08. The summed E-state index contributed by atoms with van der Waals surface area (Å²) in [5.74, 6) is -0.0545. The SMILES string of the molecule is CCOC(=O)C(F)c1ccc2c(c1)CCO2. The number of benzene rings is 1. The molecule has 1 aliphatic rings. The van der Waals surface area contributed by atoms with Crippen LogP contribution in [0, 0.1) is 0 Å². The lowest BCUT2D eigenvalue weighted by atomic mass is 10.1. The van der Waals surface area contributed by atoms with Crippen molar-refractivity contribution in [2.24, 2.45) is 0 Å². The van der Waals surface area contributed by atoms with Gasteiger partial charge in [-0.15, -0.1) is 0 Å². The summed E-state index contributed by atoms with van der Waals surface area (Å²) in [5.41, 5.74) is 1.28. The summed E-state index contributed by atoms with van der Waals surface area (Å²) in [6.45, 7) is 2.46. The Morgan fingerprint density at radius 2 is 2.44 bits per heavy atom. The van der Waals surface area contributed by atoms with Crippen LogP contribution in [-0.4, -0.2) is 19.2 Å². The van der Waals surface area contributed by atoms with E-state index in [-0.39, 0.29) is 6.61 Å². The van der Waals surface area contributed by atoms with Crippen molar-refractivity contribution >= 4 is 5.97 Å². The maximum Gasteiger partial charge on any atom is 0.345 e. The molecule has 0 spiro atoms. The fourth-order valence-corrected chi connectivity index (χ4v) is 1.72. The predicted molar refractivity (Wildman–Crippen MR) is 56.1 cm³/mol. The number of rotatable bonds is 3. The third-order valence-electron chi connectivity index (χ3n) is 2.50. The van der Waals surface area contributed by atoms with Crippen LogP contribution in [0.4, 0.5) is 4.39 Å². The van der Waals surface area contributed by atoms with Gasteiger partial charge in [0.25, 0.3) is 0 Å². The fraction of sp³-hybridized carbons (Fsp3) is 0.417. The second-order valence-electron chi connectivity index (χ2n) is 3.58. The molecule has 1 heterocycles. The Bertz CT molecular complexity index is 403. The van der Waals surface area contributed by atoms with Crippen LogP contribution in [0.25, 0.3) is 0 Å². The van der Waals surface area contributed by atoms with Crippen molar-refractivity contribution in [1.82, 2.24) is 0 Å². The largest absolute Gasteiger partial charge is 0.493 e. The molecule has 16 heavy (non-hydrogen) atoms. The van der Waals surface area contributed by atoms with E-state index < -0.39 is 12.1 Å². The van der Waals surface area contributed by atoms with E-state index in [0.29, 0.717) is 12.2 Å². The average Bonchev–Trinajstić information content (AvgIpc) is 2.75. The molecule has 0 aromatic heterocycles. The van der Waals surface area contributed by atoms with Crippen LogP contribution >= 0.6 is 0 Å². The minimum absolute atomic E-state index is 0.188. The number of fused-ring (bicyclic) bond motifs is 1. The van der Waals surface area contributed by atoms with Crippen LogP contribution in [0.15, 0.2) is 18.2 Å². The Balaban J connectivity index is 2.18. The third-order valence-corrected chi connectivity index (χ3v) is 2.50. The Morgan fingerprint density at radius 3 is 3.19 bits per heavy atom. The Kier molecular flexibility index (Phi) is 3.08. The van der Waals surface area contributed by atoms with Gasteiger partial charge in [-0.2, -0.15) is 0 Å². The molecule has 0 amide bonds. The number of carbonyl (C=O) groups excluding carboxylic acids is 1. The molecule has 0 saturated heterocycles. The molecular weight excluding hydrogens is 211 g/mol. The number of hydrogen-bond donors (Lipinski definition) is 0. The third kappa shape index (κ3) is 2.01. The maximum absolute atomic E-state index is 13.7. The van der Waals surface area contributed by atoms with Crippen LogP contribution < -0.4 is 4.74 Å². The molecule has 3 nitrogen and oxygen atoms in total. The van der Waals surface area contributed by atoms with E-state index >= 15 is 0 Å². The highest BCUT2D eigenvalue weighted by Crippen LogP contribution is 2.29.